The van der Waals surface area contributed by atoms with Crippen LogP contribution >= 0.6 is 11.3 Å². The van der Waals surface area contributed by atoms with E-state index in [1.807, 2.05) is 0 Å². The molecule has 10 heteroatoms. The summed E-state index contributed by atoms with van der Waals surface area (Å²) in [5.41, 5.74) is 0.242. The molecule has 1 aliphatic rings. The summed E-state index contributed by atoms with van der Waals surface area (Å²) in [6, 6.07) is 3.08. The van der Waals surface area contributed by atoms with Gasteiger partial charge in [-0.2, -0.15) is 0 Å². The van der Waals surface area contributed by atoms with Crippen LogP contribution in [0.3, 0.4) is 0 Å². The Morgan fingerprint density at radius 1 is 1.38 bits per heavy atom. The number of benzene rings is 1. The number of halogens is 2. The molecule has 0 bridgehead atoms. The van der Waals surface area contributed by atoms with Crippen LogP contribution in [-0.2, 0) is 14.8 Å². The zero-order chi connectivity index (χ0) is 18.9. The van der Waals surface area contributed by atoms with E-state index in [2.05, 4.69) is 10.3 Å². The molecule has 0 aliphatic carbocycles. The monoisotopic (exact) mass is 401 g/mol. The maximum absolute atomic E-state index is 13.8. The second kappa shape index (κ2) is 7.37. The Hall–Kier alpha value is -1.91. The van der Waals surface area contributed by atoms with E-state index in [0.29, 0.717) is 19.4 Å². The van der Waals surface area contributed by atoms with Gasteiger partial charge in [0.1, 0.15) is 11.6 Å². The number of anilines is 1. The first-order chi connectivity index (χ1) is 12.2. The molecule has 140 valence electrons. The van der Waals surface area contributed by atoms with Gasteiger partial charge in [0.2, 0.25) is 15.9 Å². The average molecular weight is 401 g/mol. The lowest BCUT2D eigenvalue weighted by molar-refractivity contribution is -0.120. The largest absolute Gasteiger partial charge is 0.302 e. The van der Waals surface area contributed by atoms with Crippen LogP contribution in [0.5, 0.6) is 0 Å². The highest BCUT2D eigenvalue weighted by Gasteiger charge is 2.30. The van der Waals surface area contributed by atoms with E-state index >= 15 is 0 Å². The third-order valence-electron chi connectivity index (χ3n) is 4.16. The summed E-state index contributed by atoms with van der Waals surface area (Å²) >= 11 is 1.09. The van der Waals surface area contributed by atoms with E-state index in [1.165, 1.54) is 9.69 Å². The molecule has 2 aromatic rings. The predicted octanol–water partition coefficient (Wildman–Crippen LogP) is 2.70. The van der Waals surface area contributed by atoms with Crippen molar-refractivity contribution in [3.05, 3.63) is 35.2 Å². The molecule has 1 amide bonds. The standard InChI is InChI=1S/C16H17F2N3O3S2/c1-26(23,24)21-6-2-3-10(8-21)15(22)20-16-19-14(9-25-16)12-7-11(17)4-5-13(12)18/h4-5,7,9-10H,2-3,6,8H2,1H3,(H,19,20,22). The van der Waals surface area contributed by atoms with E-state index < -0.39 is 27.6 Å². The van der Waals surface area contributed by atoms with Crippen LogP contribution in [0.15, 0.2) is 23.6 Å². The van der Waals surface area contributed by atoms with Crippen molar-refractivity contribution in [2.24, 2.45) is 5.92 Å². The van der Waals surface area contributed by atoms with Gasteiger partial charge < -0.3 is 5.32 Å². The highest BCUT2D eigenvalue weighted by molar-refractivity contribution is 7.88. The zero-order valence-electron chi connectivity index (χ0n) is 13.9. The second-order valence-electron chi connectivity index (χ2n) is 6.11. The number of thiazole rings is 1. The van der Waals surface area contributed by atoms with Crippen molar-refractivity contribution in [2.75, 3.05) is 24.7 Å². The number of carbonyl (C=O) groups is 1. The quantitative estimate of drug-likeness (QED) is 0.854. The van der Waals surface area contributed by atoms with Gasteiger partial charge in [-0.05, 0) is 31.0 Å². The highest BCUT2D eigenvalue weighted by Crippen LogP contribution is 2.28. The molecular weight excluding hydrogens is 384 g/mol. The Kier molecular flexibility index (Phi) is 5.35. The summed E-state index contributed by atoms with van der Waals surface area (Å²) in [5, 5.41) is 4.42. The fourth-order valence-electron chi connectivity index (χ4n) is 2.81. The normalized spacial score (nSPS) is 18.7. The SMILES string of the molecule is CS(=O)(=O)N1CCCC(C(=O)Nc2nc(-c3cc(F)ccc3F)cs2)C1. The Morgan fingerprint density at radius 3 is 2.88 bits per heavy atom. The van der Waals surface area contributed by atoms with Gasteiger partial charge in [-0.15, -0.1) is 11.3 Å². The van der Waals surface area contributed by atoms with E-state index in [-0.39, 0.29) is 28.8 Å². The van der Waals surface area contributed by atoms with Crippen LogP contribution < -0.4 is 5.32 Å². The van der Waals surface area contributed by atoms with Gasteiger partial charge in [-0.25, -0.2) is 26.5 Å². The van der Waals surface area contributed by atoms with Crippen LogP contribution in [0.4, 0.5) is 13.9 Å². The Morgan fingerprint density at radius 2 is 2.15 bits per heavy atom. The lowest BCUT2D eigenvalue weighted by atomic mass is 9.99. The molecule has 1 N–H and O–H groups in total. The lowest BCUT2D eigenvalue weighted by Gasteiger charge is -2.29. The van der Waals surface area contributed by atoms with E-state index in [1.54, 1.807) is 0 Å². The second-order valence-corrected chi connectivity index (χ2v) is 8.95. The number of hydrogen-bond donors (Lipinski definition) is 1. The molecule has 1 aromatic carbocycles. The molecule has 1 fully saturated rings. The van der Waals surface area contributed by atoms with Gasteiger partial charge >= 0.3 is 0 Å². The van der Waals surface area contributed by atoms with Gasteiger partial charge in [-0.3, -0.25) is 4.79 Å². The molecule has 1 aliphatic heterocycles. The summed E-state index contributed by atoms with van der Waals surface area (Å²) in [7, 11) is -3.34. The molecule has 1 unspecified atom stereocenters. The minimum atomic E-state index is -3.34. The number of sulfonamides is 1. The zero-order valence-corrected chi connectivity index (χ0v) is 15.5. The number of aromatic nitrogens is 1. The highest BCUT2D eigenvalue weighted by atomic mass is 32.2. The van der Waals surface area contributed by atoms with Crippen molar-refractivity contribution < 1.29 is 22.0 Å². The number of rotatable bonds is 4. The van der Waals surface area contributed by atoms with Crippen LogP contribution in [0.2, 0.25) is 0 Å². The molecule has 2 heterocycles. The number of nitrogens with one attached hydrogen (secondary N) is 1. The first-order valence-corrected chi connectivity index (χ1v) is 10.6. The molecule has 0 saturated carbocycles. The first kappa shape index (κ1) is 18.9. The number of carbonyl (C=O) groups excluding carboxylic acids is 1. The minimum Gasteiger partial charge on any atom is -0.302 e. The number of hydrogen-bond acceptors (Lipinski definition) is 5. The van der Waals surface area contributed by atoms with E-state index in [0.717, 1.165) is 35.8 Å². The summed E-state index contributed by atoms with van der Waals surface area (Å²) in [6.07, 6.45) is 2.30. The van der Waals surface area contributed by atoms with Gasteiger partial charge in [-0.1, -0.05) is 0 Å². The number of piperidine rings is 1. The molecule has 0 spiro atoms. The van der Waals surface area contributed by atoms with Crippen molar-refractivity contribution >= 4 is 32.4 Å². The molecule has 0 radical (unpaired) electrons. The predicted molar refractivity (Wildman–Crippen MR) is 95.2 cm³/mol. The molecule has 26 heavy (non-hydrogen) atoms. The number of nitrogens with zero attached hydrogens (tertiary/aromatic N) is 2. The van der Waals surface area contributed by atoms with Crippen molar-refractivity contribution in [3.8, 4) is 11.3 Å². The first-order valence-electron chi connectivity index (χ1n) is 7.91. The van der Waals surface area contributed by atoms with Gasteiger partial charge in [0.05, 0.1) is 17.9 Å². The topological polar surface area (TPSA) is 79.4 Å². The Balaban J connectivity index is 1.71. The van der Waals surface area contributed by atoms with Crippen molar-refractivity contribution in [2.45, 2.75) is 12.8 Å². The molecule has 6 nitrogen and oxygen atoms in total. The molecule has 3 rings (SSSR count). The van der Waals surface area contributed by atoms with Crippen LogP contribution in [0.25, 0.3) is 11.3 Å². The van der Waals surface area contributed by atoms with Crippen molar-refractivity contribution in [3.63, 3.8) is 0 Å². The van der Waals surface area contributed by atoms with Crippen molar-refractivity contribution in [1.29, 1.82) is 0 Å². The Labute approximate surface area is 153 Å². The third-order valence-corrected chi connectivity index (χ3v) is 6.19. The maximum Gasteiger partial charge on any atom is 0.230 e. The minimum absolute atomic E-state index is 0.0164. The van der Waals surface area contributed by atoms with Gasteiger partial charge in [0, 0.05) is 24.0 Å². The van der Waals surface area contributed by atoms with Crippen molar-refractivity contribution in [1.82, 2.24) is 9.29 Å². The summed E-state index contributed by atoms with van der Waals surface area (Å²) in [4.78, 5) is 16.5. The molecular formula is C16H17F2N3O3S2. The van der Waals surface area contributed by atoms with Gasteiger partial charge in [0.25, 0.3) is 0 Å². The molecule has 1 saturated heterocycles. The van der Waals surface area contributed by atoms with Crippen LogP contribution in [0.1, 0.15) is 12.8 Å². The van der Waals surface area contributed by atoms with E-state index in [4.69, 9.17) is 0 Å². The van der Waals surface area contributed by atoms with Crippen LogP contribution in [0, 0.1) is 17.6 Å². The summed E-state index contributed by atoms with van der Waals surface area (Å²) < 4.78 is 51.7. The summed E-state index contributed by atoms with van der Waals surface area (Å²) in [6.45, 7) is 0.532. The number of amides is 1. The van der Waals surface area contributed by atoms with Gasteiger partial charge in [0.15, 0.2) is 5.13 Å². The average Bonchev–Trinajstić information content (AvgIpc) is 3.04. The molecule has 1 aromatic heterocycles. The fourth-order valence-corrected chi connectivity index (χ4v) is 4.44. The fraction of sp³-hybridized carbons (Fsp3) is 0.375. The maximum atomic E-state index is 13.8. The summed E-state index contributed by atoms with van der Waals surface area (Å²) in [5.74, 6) is -2.00. The smallest absolute Gasteiger partial charge is 0.230 e. The molecule has 1 atom stereocenters. The third kappa shape index (κ3) is 4.25. The lowest BCUT2D eigenvalue weighted by Crippen LogP contribution is -2.43. The Bertz CT molecular complexity index is 931. The van der Waals surface area contributed by atoms with E-state index in [9.17, 15) is 22.0 Å². The van der Waals surface area contributed by atoms with Crippen LogP contribution in [-0.4, -0.2) is 43.0 Å².